The van der Waals surface area contributed by atoms with Gasteiger partial charge in [0.2, 0.25) is 0 Å². The number of thiazole rings is 1. The van der Waals surface area contributed by atoms with E-state index in [0.29, 0.717) is 31.1 Å². The standard InChI is InChI=1S/C16H16ClN3O4S/c17-12-2-1-10(7-11(12)16(22)23)18-15(21)13-9-25-14(19-13)8-20-3-5-24-6-4-20/h1-2,7,9H,3-6,8H2,(H,18,21)(H,22,23). The maximum absolute atomic E-state index is 12.3. The van der Waals surface area contributed by atoms with Gasteiger partial charge in [0.05, 0.1) is 30.3 Å². The topological polar surface area (TPSA) is 91.8 Å². The Hall–Kier alpha value is -2.00. The Kier molecular flexibility index (Phi) is 5.64. The summed E-state index contributed by atoms with van der Waals surface area (Å²) in [6, 6.07) is 4.31. The smallest absolute Gasteiger partial charge is 0.337 e. The van der Waals surface area contributed by atoms with Crippen molar-refractivity contribution in [1.29, 1.82) is 0 Å². The van der Waals surface area contributed by atoms with Crippen molar-refractivity contribution in [2.24, 2.45) is 0 Å². The van der Waals surface area contributed by atoms with Crippen LogP contribution in [0.5, 0.6) is 0 Å². The number of hydrogen-bond acceptors (Lipinski definition) is 6. The minimum absolute atomic E-state index is 0.0641. The highest BCUT2D eigenvalue weighted by Crippen LogP contribution is 2.21. The fourth-order valence-corrected chi connectivity index (χ4v) is 3.41. The molecule has 1 fully saturated rings. The van der Waals surface area contributed by atoms with E-state index in [-0.39, 0.29) is 16.5 Å². The number of nitrogens with zero attached hydrogens (tertiary/aromatic N) is 2. The molecule has 0 radical (unpaired) electrons. The molecule has 1 amide bonds. The van der Waals surface area contributed by atoms with E-state index in [1.165, 1.54) is 23.5 Å². The maximum Gasteiger partial charge on any atom is 0.337 e. The highest BCUT2D eigenvalue weighted by atomic mass is 35.5. The van der Waals surface area contributed by atoms with Crippen LogP contribution in [-0.2, 0) is 11.3 Å². The van der Waals surface area contributed by atoms with Gasteiger partial charge >= 0.3 is 5.97 Å². The molecule has 1 aromatic carbocycles. The Morgan fingerprint density at radius 3 is 2.84 bits per heavy atom. The number of nitrogens with one attached hydrogen (secondary N) is 1. The van der Waals surface area contributed by atoms with Gasteiger partial charge < -0.3 is 15.2 Å². The molecular weight excluding hydrogens is 366 g/mol. The molecule has 25 heavy (non-hydrogen) atoms. The van der Waals surface area contributed by atoms with E-state index in [2.05, 4.69) is 15.2 Å². The lowest BCUT2D eigenvalue weighted by Crippen LogP contribution is -2.35. The number of carbonyl (C=O) groups is 2. The van der Waals surface area contributed by atoms with Crippen LogP contribution in [0.2, 0.25) is 5.02 Å². The van der Waals surface area contributed by atoms with Gasteiger partial charge in [0.15, 0.2) is 0 Å². The summed E-state index contributed by atoms with van der Waals surface area (Å²) in [5.74, 6) is -1.54. The molecule has 9 heteroatoms. The van der Waals surface area contributed by atoms with Gasteiger partial charge in [0.1, 0.15) is 10.7 Å². The zero-order valence-corrected chi connectivity index (χ0v) is 14.8. The maximum atomic E-state index is 12.3. The van der Waals surface area contributed by atoms with E-state index in [1.54, 1.807) is 11.4 Å². The second kappa shape index (κ2) is 7.92. The predicted molar refractivity (Wildman–Crippen MR) is 94.6 cm³/mol. The number of ether oxygens (including phenoxy) is 1. The van der Waals surface area contributed by atoms with Crippen LogP contribution in [0.1, 0.15) is 25.9 Å². The van der Waals surface area contributed by atoms with Crippen molar-refractivity contribution in [2.75, 3.05) is 31.6 Å². The third-order valence-corrected chi connectivity index (χ3v) is 4.86. The van der Waals surface area contributed by atoms with Gasteiger partial charge in [0.25, 0.3) is 5.91 Å². The number of rotatable bonds is 5. The Bertz CT molecular complexity index is 789. The SMILES string of the molecule is O=C(Nc1ccc(Cl)c(C(=O)O)c1)c1csc(CN2CCOCC2)n1. The third-order valence-electron chi connectivity index (χ3n) is 3.70. The Morgan fingerprint density at radius 2 is 2.12 bits per heavy atom. The average molecular weight is 382 g/mol. The van der Waals surface area contributed by atoms with Gasteiger partial charge in [-0.05, 0) is 18.2 Å². The van der Waals surface area contributed by atoms with Crippen LogP contribution in [-0.4, -0.2) is 53.2 Å². The second-order valence-electron chi connectivity index (χ2n) is 5.47. The summed E-state index contributed by atoms with van der Waals surface area (Å²) < 4.78 is 5.31. The quantitative estimate of drug-likeness (QED) is 0.827. The first-order valence-corrected chi connectivity index (χ1v) is 8.87. The lowest BCUT2D eigenvalue weighted by Gasteiger charge is -2.25. The number of amides is 1. The van der Waals surface area contributed by atoms with Crippen molar-refractivity contribution in [1.82, 2.24) is 9.88 Å². The predicted octanol–water partition coefficient (Wildman–Crippen LogP) is 2.58. The van der Waals surface area contributed by atoms with Crippen molar-refractivity contribution in [3.63, 3.8) is 0 Å². The van der Waals surface area contributed by atoms with E-state index < -0.39 is 5.97 Å². The molecule has 0 spiro atoms. The van der Waals surface area contributed by atoms with Crippen LogP contribution >= 0.6 is 22.9 Å². The molecule has 7 nitrogen and oxygen atoms in total. The number of hydrogen-bond donors (Lipinski definition) is 2. The van der Waals surface area contributed by atoms with E-state index >= 15 is 0 Å². The number of halogens is 1. The number of carbonyl (C=O) groups excluding carboxylic acids is 1. The lowest BCUT2D eigenvalue weighted by atomic mass is 10.2. The normalized spacial score (nSPS) is 15.1. The van der Waals surface area contributed by atoms with Gasteiger partial charge in [-0.1, -0.05) is 11.6 Å². The molecule has 1 aromatic heterocycles. The third kappa shape index (κ3) is 4.55. The molecule has 0 saturated carbocycles. The molecule has 0 unspecified atom stereocenters. The van der Waals surface area contributed by atoms with Crippen molar-refractivity contribution >= 4 is 40.5 Å². The molecule has 132 valence electrons. The average Bonchev–Trinajstić information content (AvgIpc) is 3.06. The van der Waals surface area contributed by atoms with Gasteiger partial charge in [-0.25, -0.2) is 9.78 Å². The Morgan fingerprint density at radius 1 is 1.36 bits per heavy atom. The molecule has 2 aromatic rings. The van der Waals surface area contributed by atoms with Crippen LogP contribution in [0, 0.1) is 0 Å². The van der Waals surface area contributed by atoms with Crippen molar-refractivity contribution < 1.29 is 19.4 Å². The lowest BCUT2D eigenvalue weighted by molar-refractivity contribution is 0.0341. The van der Waals surface area contributed by atoms with Gasteiger partial charge in [-0.2, -0.15) is 0 Å². The fourth-order valence-electron chi connectivity index (χ4n) is 2.40. The second-order valence-corrected chi connectivity index (χ2v) is 6.82. The molecule has 1 aliphatic heterocycles. The van der Waals surface area contributed by atoms with Crippen molar-refractivity contribution in [2.45, 2.75) is 6.54 Å². The fraction of sp³-hybridized carbons (Fsp3) is 0.312. The van der Waals surface area contributed by atoms with E-state index in [4.69, 9.17) is 21.4 Å². The Balaban J connectivity index is 1.65. The number of morpholine rings is 1. The molecule has 2 N–H and O–H groups in total. The summed E-state index contributed by atoms with van der Waals surface area (Å²) in [7, 11) is 0. The van der Waals surface area contributed by atoms with Gasteiger partial charge in [-0.15, -0.1) is 11.3 Å². The number of anilines is 1. The number of aromatic carboxylic acids is 1. The number of carboxylic acid groups (broad SMARTS) is 1. The molecule has 0 bridgehead atoms. The molecule has 0 aliphatic carbocycles. The first kappa shape index (κ1) is 17.8. The number of aromatic nitrogens is 1. The largest absolute Gasteiger partial charge is 0.478 e. The monoisotopic (exact) mass is 381 g/mol. The van der Waals surface area contributed by atoms with Crippen LogP contribution in [0.15, 0.2) is 23.6 Å². The van der Waals surface area contributed by atoms with Crippen LogP contribution in [0.25, 0.3) is 0 Å². The van der Waals surface area contributed by atoms with E-state index in [9.17, 15) is 9.59 Å². The summed E-state index contributed by atoms with van der Waals surface area (Å²) in [6.45, 7) is 3.81. The van der Waals surface area contributed by atoms with Crippen LogP contribution < -0.4 is 5.32 Å². The molecule has 2 heterocycles. The summed E-state index contributed by atoms with van der Waals surface area (Å²) in [4.78, 5) is 30.0. The first-order chi connectivity index (χ1) is 12.0. The zero-order valence-electron chi connectivity index (χ0n) is 13.2. The van der Waals surface area contributed by atoms with Crippen LogP contribution in [0.4, 0.5) is 5.69 Å². The minimum atomic E-state index is -1.15. The van der Waals surface area contributed by atoms with Crippen molar-refractivity contribution in [3.8, 4) is 0 Å². The summed E-state index contributed by atoms with van der Waals surface area (Å²) >= 11 is 7.25. The first-order valence-electron chi connectivity index (χ1n) is 7.61. The number of benzene rings is 1. The summed E-state index contributed by atoms with van der Waals surface area (Å²) in [5, 5.41) is 14.4. The molecular formula is C16H16ClN3O4S. The number of carboxylic acids is 1. The molecule has 0 atom stereocenters. The molecule has 1 aliphatic rings. The zero-order chi connectivity index (χ0) is 17.8. The van der Waals surface area contributed by atoms with E-state index in [0.717, 1.165) is 18.1 Å². The van der Waals surface area contributed by atoms with Crippen molar-refractivity contribution in [3.05, 3.63) is 44.9 Å². The van der Waals surface area contributed by atoms with Gasteiger partial charge in [-0.3, -0.25) is 9.69 Å². The van der Waals surface area contributed by atoms with Gasteiger partial charge in [0, 0.05) is 24.2 Å². The highest BCUT2D eigenvalue weighted by molar-refractivity contribution is 7.09. The summed E-state index contributed by atoms with van der Waals surface area (Å²) in [5.41, 5.74) is 0.598. The molecule has 1 saturated heterocycles. The Labute approximate surface area is 153 Å². The highest BCUT2D eigenvalue weighted by Gasteiger charge is 2.16. The van der Waals surface area contributed by atoms with Crippen LogP contribution in [0.3, 0.4) is 0 Å². The van der Waals surface area contributed by atoms with E-state index in [1.807, 2.05) is 0 Å². The minimum Gasteiger partial charge on any atom is -0.478 e. The molecule has 3 rings (SSSR count). The summed E-state index contributed by atoms with van der Waals surface area (Å²) in [6.07, 6.45) is 0.